The van der Waals surface area contributed by atoms with E-state index in [0.717, 1.165) is 30.2 Å². The van der Waals surface area contributed by atoms with Crippen LogP contribution in [0, 0.1) is 12.8 Å². The molecule has 1 fully saturated rings. The minimum absolute atomic E-state index is 0.325. The van der Waals surface area contributed by atoms with Crippen molar-refractivity contribution in [2.24, 2.45) is 5.92 Å². The van der Waals surface area contributed by atoms with E-state index in [0.29, 0.717) is 5.92 Å². The summed E-state index contributed by atoms with van der Waals surface area (Å²) < 4.78 is 5.72. The Kier molecular flexibility index (Phi) is 6.29. The van der Waals surface area contributed by atoms with E-state index in [4.69, 9.17) is 4.74 Å². The summed E-state index contributed by atoms with van der Waals surface area (Å²) in [6.45, 7) is 2.06. The highest BCUT2D eigenvalue weighted by atomic mass is 16.5. The van der Waals surface area contributed by atoms with Gasteiger partial charge in [0, 0.05) is 17.8 Å². The molecule has 0 aliphatic heterocycles. The summed E-state index contributed by atoms with van der Waals surface area (Å²) in [5, 5.41) is 0. The summed E-state index contributed by atoms with van der Waals surface area (Å²) in [5.74, 6) is 2.16. The Balaban J connectivity index is 1.69. The number of hydrogen-bond donors (Lipinski definition) is 0. The normalized spacial score (nSPS) is 15.4. The lowest BCUT2D eigenvalue weighted by atomic mass is 9.84. The summed E-state index contributed by atoms with van der Waals surface area (Å²) in [6.07, 6.45) is 9.49. The second kappa shape index (κ2) is 9.26. The first-order valence-corrected chi connectivity index (χ1v) is 10.9. The molecule has 1 heterocycles. The van der Waals surface area contributed by atoms with Gasteiger partial charge in [-0.25, -0.2) is 0 Å². The molecule has 0 saturated heterocycles. The molecule has 0 bridgehead atoms. The molecular weight excluding hydrogens is 354 g/mol. The minimum atomic E-state index is 0.325. The molecule has 150 valence electrons. The summed E-state index contributed by atoms with van der Waals surface area (Å²) in [6, 6.07) is 22.1. The summed E-state index contributed by atoms with van der Waals surface area (Å²) in [4.78, 5) is 4.37. The molecule has 3 aromatic rings. The zero-order valence-corrected chi connectivity index (χ0v) is 17.6. The van der Waals surface area contributed by atoms with Crippen LogP contribution in [-0.2, 0) is 12.8 Å². The number of rotatable bonds is 7. The van der Waals surface area contributed by atoms with Gasteiger partial charge in [0.2, 0.25) is 0 Å². The lowest BCUT2D eigenvalue weighted by Gasteiger charge is -2.21. The van der Waals surface area contributed by atoms with Crippen LogP contribution in [0.15, 0.2) is 66.9 Å². The fourth-order valence-electron chi connectivity index (χ4n) is 4.78. The molecule has 4 rings (SSSR count). The standard InChI is InChI=1S/C27H31NO/c1-20-16-22(14-15-28-20)18-26(23-10-4-3-5-11-23)24-12-13-27(29-2)25(19-24)17-21-8-6-7-9-21/h3-5,10-16,19,21,26H,6-9,17-18H2,1-2H3/t26-/m1/s1. The van der Waals surface area contributed by atoms with Gasteiger partial charge in [-0.05, 0) is 66.1 Å². The number of aryl methyl sites for hydroxylation is 1. The Labute approximate surface area is 175 Å². The first-order chi connectivity index (χ1) is 14.2. The van der Waals surface area contributed by atoms with Crippen molar-refractivity contribution in [1.82, 2.24) is 4.98 Å². The molecule has 1 atom stereocenters. The van der Waals surface area contributed by atoms with Crippen molar-refractivity contribution < 1.29 is 4.74 Å². The molecule has 0 amide bonds. The van der Waals surface area contributed by atoms with Crippen molar-refractivity contribution in [2.45, 2.75) is 51.4 Å². The lowest BCUT2D eigenvalue weighted by molar-refractivity contribution is 0.404. The van der Waals surface area contributed by atoms with Crippen LogP contribution in [0.1, 0.15) is 59.5 Å². The van der Waals surface area contributed by atoms with E-state index in [1.807, 2.05) is 6.20 Å². The number of pyridine rings is 1. The molecule has 1 saturated carbocycles. The Bertz CT molecular complexity index is 928. The fraction of sp³-hybridized carbons (Fsp3) is 0.370. The average Bonchev–Trinajstić information content (AvgIpc) is 3.26. The second-order valence-corrected chi connectivity index (χ2v) is 8.40. The third-order valence-electron chi connectivity index (χ3n) is 6.29. The van der Waals surface area contributed by atoms with Gasteiger partial charge in [-0.3, -0.25) is 4.98 Å². The van der Waals surface area contributed by atoms with Crippen LogP contribution in [0.25, 0.3) is 0 Å². The maximum atomic E-state index is 5.72. The van der Waals surface area contributed by atoms with Crippen LogP contribution in [0.3, 0.4) is 0 Å². The van der Waals surface area contributed by atoms with Crippen LogP contribution < -0.4 is 4.74 Å². The lowest BCUT2D eigenvalue weighted by Crippen LogP contribution is -2.08. The maximum absolute atomic E-state index is 5.72. The number of benzene rings is 2. The molecule has 1 aliphatic carbocycles. The van der Waals surface area contributed by atoms with Crippen LogP contribution in [0.4, 0.5) is 0 Å². The molecule has 1 aliphatic rings. The topological polar surface area (TPSA) is 22.1 Å². The van der Waals surface area contributed by atoms with Gasteiger partial charge in [-0.2, -0.15) is 0 Å². The van der Waals surface area contributed by atoms with Crippen LogP contribution in [0.2, 0.25) is 0 Å². The molecule has 0 unspecified atom stereocenters. The molecule has 1 aromatic heterocycles. The SMILES string of the molecule is COc1ccc([C@H](Cc2ccnc(C)c2)c2ccccc2)cc1CC1CCCC1. The molecule has 0 radical (unpaired) electrons. The van der Waals surface area contributed by atoms with Crippen molar-refractivity contribution in [1.29, 1.82) is 0 Å². The molecule has 2 nitrogen and oxygen atoms in total. The summed E-state index contributed by atoms with van der Waals surface area (Å²) >= 11 is 0. The van der Waals surface area contributed by atoms with Crippen molar-refractivity contribution in [3.63, 3.8) is 0 Å². The second-order valence-electron chi connectivity index (χ2n) is 8.40. The van der Waals surface area contributed by atoms with Gasteiger partial charge in [0.15, 0.2) is 0 Å². The van der Waals surface area contributed by atoms with E-state index in [-0.39, 0.29) is 0 Å². The third-order valence-corrected chi connectivity index (χ3v) is 6.29. The van der Waals surface area contributed by atoms with E-state index in [1.54, 1.807) is 7.11 Å². The van der Waals surface area contributed by atoms with Crippen LogP contribution in [-0.4, -0.2) is 12.1 Å². The zero-order chi connectivity index (χ0) is 20.1. The molecule has 29 heavy (non-hydrogen) atoms. The molecule has 2 heteroatoms. The first kappa shape index (κ1) is 19.7. The van der Waals surface area contributed by atoms with Gasteiger partial charge in [0.1, 0.15) is 5.75 Å². The quantitative estimate of drug-likeness (QED) is 0.463. The third kappa shape index (κ3) is 4.87. The van der Waals surface area contributed by atoms with E-state index < -0.39 is 0 Å². The number of aromatic nitrogens is 1. The molecule has 2 aromatic carbocycles. The van der Waals surface area contributed by atoms with Crippen LogP contribution >= 0.6 is 0 Å². The highest BCUT2D eigenvalue weighted by molar-refractivity contribution is 5.43. The van der Waals surface area contributed by atoms with E-state index in [2.05, 4.69) is 72.6 Å². The van der Waals surface area contributed by atoms with Crippen molar-refractivity contribution >= 4 is 0 Å². The highest BCUT2D eigenvalue weighted by Crippen LogP contribution is 2.35. The summed E-state index contributed by atoms with van der Waals surface area (Å²) in [7, 11) is 1.79. The Morgan fingerprint density at radius 2 is 1.76 bits per heavy atom. The fourth-order valence-corrected chi connectivity index (χ4v) is 4.78. The van der Waals surface area contributed by atoms with Gasteiger partial charge < -0.3 is 4.74 Å². The Morgan fingerprint density at radius 1 is 0.966 bits per heavy atom. The smallest absolute Gasteiger partial charge is 0.122 e. The summed E-state index contributed by atoms with van der Waals surface area (Å²) in [5.41, 5.74) is 6.51. The highest BCUT2D eigenvalue weighted by Gasteiger charge is 2.20. The van der Waals surface area contributed by atoms with Gasteiger partial charge >= 0.3 is 0 Å². The molecule has 0 N–H and O–H groups in total. The number of nitrogens with zero attached hydrogens (tertiary/aromatic N) is 1. The number of hydrogen-bond acceptors (Lipinski definition) is 2. The Morgan fingerprint density at radius 3 is 2.48 bits per heavy atom. The maximum Gasteiger partial charge on any atom is 0.122 e. The van der Waals surface area contributed by atoms with E-state index in [1.165, 1.54) is 47.9 Å². The van der Waals surface area contributed by atoms with Gasteiger partial charge in [-0.15, -0.1) is 0 Å². The monoisotopic (exact) mass is 385 g/mol. The van der Waals surface area contributed by atoms with Crippen molar-refractivity contribution in [2.75, 3.05) is 7.11 Å². The Hall–Kier alpha value is -2.61. The van der Waals surface area contributed by atoms with E-state index in [9.17, 15) is 0 Å². The molecular formula is C27H31NO. The van der Waals surface area contributed by atoms with Gasteiger partial charge in [-0.1, -0.05) is 68.1 Å². The average molecular weight is 386 g/mol. The minimum Gasteiger partial charge on any atom is -0.496 e. The number of ether oxygens (including phenoxy) is 1. The predicted molar refractivity (Wildman–Crippen MR) is 120 cm³/mol. The van der Waals surface area contributed by atoms with Gasteiger partial charge in [0.25, 0.3) is 0 Å². The van der Waals surface area contributed by atoms with Crippen LogP contribution in [0.5, 0.6) is 5.75 Å². The predicted octanol–water partition coefficient (Wildman–Crippen LogP) is 6.51. The van der Waals surface area contributed by atoms with Crippen molar-refractivity contribution in [3.8, 4) is 5.75 Å². The van der Waals surface area contributed by atoms with E-state index >= 15 is 0 Å². The first-order valence-electron chi connectivity index (χ1n) is 10.9. The van der Waals surface area contributed by atoms with Gasteiger partial charge in [0.05, 0.1) is 7.11 Å². The van der Waals surface area contributed by atoms with Crippen molar-refractivity contribution in [3.05, 3.63) is 94.8 Å². The molecule has 0 spiro atoms. The number of methoxy groups -OCH3 is 1. The largest absolute Gasteiger partial charge is 0.496 e. The zero-order valence-electron chi connectivity index (χ0n) is 17.6.